The van der Waals surface area contributed by atoms with Gasteiger partial charge in [0.05, 0.1) is 11.1 Å². The number of benzene rings is 1. The zero-order chi connectivity index (χ0) is 15.5. The van der Waals surface area contributed by atoms with E-state index < -0.39 is 0 Å². The van der Waals surface area contributed by atoms with Crippen molar-refractivity contribution < 1.29 is 9.59 Å². The molecule has 4 heteroatoms. The van der Waals surface area contributed by atoms with Gasteiger partial charge in [0.15, 0.2) is 0 Å². The van der Waals surface area contributed by atoms with Crippen molar-refractivity contribution in [3.8, 4) is 0 Å². The van der Waals surface area contributed by atoms with Gasteiger partial charge < -0.3 is 0 Å². The van der Waals surface area contributed by atoms with E-state index >= 15 is 0 Å². The molecule has 0 N–H and O–H groups in total. The number of hydrogen-bond donors (Lipinski definition) is 0. The summed E-state index contributed by atoms with van der Waals surface area (Å²) in [5, 5.41) is 6.13. The number of fused-ring (bicyclic) bond motifs is 2. The molecule has 2 heterocycles. The summed E-state index contributed by atoms with van der Waals surface area (Å²) in [6, 6.07) is 3.73. The molecule has 22 heavy (non-hydrogen) atoms. The van der Waals surface area contributed by atoms with E-state index in [4.69, 9.17) is 0 Å². The highest BCUT2D eigenvalue weighted by atomic mass is 32.1. The third-order valence-corrected chi connectivity index (χ3v) is 5.08. The van der Waals surface area contributed by atoms with Gasteiger partial charge in [-0.05, 0) is 40.1 Å². The average molecular weight is 315 g/mol. The summed E-state index contributed by atoms with van der Waals surface area (Å²) in [6.45, 7) is 2.74. The van der Waals surface area contributed by atoms with Crippen molar-refractivity contribution in [2.45, 2.75) is 45.4 Å². The van der Waals surface area contributed by atoms with Crippen molar-refractivity contribution >= 4 is 33.9 Å². The molecule has 0 fully saturated rings. The molecule has 1 aliphatic heterocycles. The fourth-order valence-electron chi connectivity index (χ4n) is 3.01. The molecule has 0 unspecified atom stereocenters. The quantitative estimate of drug-likeness (QED) is 0.540. The maximum absolute atomic E-state index is 12.4. The number of imide groups is 1. The van der Waals surface area contributed by atoms with Gasteiger partial charge in [0.1, 0.15) is 0 Å². The molecule has 2 amide bonds. The summed E-state index contributed by atoms with van der Waals surface area (Å²) < 4.78 is 0. The SMILES string of the molecule is CCCCCCCCN1C(=O)c2cc3cscc3cc2C1=O. The van der Waals surface area contributed by atoms with Crippen LogP contribution in [0.3, 0.4) is 0 Å². The van der Waals surface area contributed by atoms with E-state index in [1.165, 1.54) is 30.6 Å². The first kappa shape index (κ1) is 15.2. The Balaban J connectivity index is 1.65. The van der Waals surface area contributed by atoms with E-state index in [0.717, 1.165) is 23.6 Å². The van der Waals surface area contributed by atoms with Gasteiger partial charge in [0, 0.05) is 6.54 Å². The number of rotatable bonds is 7. The molecule has 0 atom stereocenters. The number of hydrogen-bond acceptors (Lipinski definition) is 3. The average Bonchev–Trinajstić information content (AvgIpc) is 3.07. The second-order valence-corrected chi connectivity index (χ2v) is 6.67. The number of carbonyl (C=O) groups excluding carboxylic acids is 2. The zero-order valence-corrected chi connectivity index (χ0v) is 13.7. The van der Waals surface area contributed by atoms with Gasteiger partial charge in [-0.2, -0.15) is 11.3 Å². The van der Waals surface area contributed by atoms with E-state index in [9.17, 15) is 9.59 Å². The van der Waals surface area contributed by atoms with Crippen LogP contribution in [0.4, 0.5) is 0 Å². The lowest BCUT2D eigenvalue weighted by Gasteiger charge is -2.13. The Labute approximate surface area is 134 Å². The largest absolute Gasteiger partial charge is 0.274 e. The number of unbranched alkanes of at least 4 members (excludes halogenated alkanes) is 5. The maximum Gasteiger partial charge on any atom is 0.261 e. The lowest BCUT2D eigenvalue weighted by molar-refractivity contribution is 0.0651. The number of amides is 2. The summed E-state index contributed by atoms with van der Waals surface area (Å²) in [5.41, 5.74) is 1.14. The minimum Gasteiger partial charge on any atom is -0.274 e. The summed E-state index contributed by atoms with van der Waals surface area (Å²) in [7, 11) is 0. The highest BCUT2D eigenvalue weighted by molar-refractivity contribution is 7.09. The number of thiophene rings is 1. The summed E-state index contributed by atoms with van der Waals surface area (Å²) in [4.78, 5) is 26.3. The van der Waals surface area contributed by atoms with E-state index in [-0.39, 0.29) is 11.8 Å². The smallest absolute Gasteiger partial charge is 0.261 e. The van der Waals surface area contributed by atoms with Gasteiger partial charge in [-0.1, -0.05) is 39.0 Å². The van der Waals surface area contributed by atoms with Gasteiger partial charge in [-0.15, -0.1) is 0 Å². The highest BCUT2D eigenvalue weighted by Gasteiger charge is 2.35. The molecule has 3 nitrogen and oxygen atoms in total. The molecule has 1 aliphatic rings. The summed E-state index contributed by atoms with van der Waals surface area (Å²) >= 11 is 1.60. The second kappa shape index (κ2) is 6.61. The first-order chi connectivity index (χ1) is 10.7. The lowest BCUT2D eigenvalue weighted by Crippen LogP contribution is -2.30. The van der Waals surface area contributed by atoms with Crippen molar-refractivity contribution in [3.05, 3.63) is 34.0 Å². The predicted octanol–water partition coefficient (Wildman–Crippen LogP) is 4.86. The predicted molar refractivity (Wildman–Crippen MR) is 90.6 cm³/mol. The number of nitrogens with zero attached hydrogens (tertiary/aromatic N) is 1. The Morgan fingerprint density at radius 2 is 1.41 bits per heavy atom. The molecule has 0 bridgehead atoms. The van der Waals surface area contributed by atoms with Crippen molar-refractivity contribution in [1.29, 1.82) is 0 Å². The van der Waals surface area contributed by atoms with E-state index in [0.29, 0.717) is 17.7 Å². The molecular weight excluding hydrogens is 294 g/mol. The van der Waals surface area contributed by atoms with Crippen LogP contribution in [0.1, 0.15) is 66.2 Å². The van der Waals surface area contributed by atoms with E-state index in [2.05, 4.69) is 6.92 Å². The van der Waals surface area contributed by atoms with Crippen molar-refractivity contribution in [2.24, 2.45) is 0 Å². The standard InChI is InChI=1S/C18H21NO2S/c1-2-3-4-5-6-7-8-19-17(20)15-9-13-11-22-12-14(13)10-16(15)18(19)21/h9-12H,2-8H2,1H3. The zero-order valence-electron chi connectivity index (χ0n) is 12.9. The molecule has 2 aromatic rings. The minimum atomic E-state index is -0.123. The lowest BCUT2D eigenvalue weighted by atomic mass is 10.1. The van der Waals surface area contributed by atoms with Crippen LogP contribution in [0.25, 0.3) is 10.8 Å². The van der Waals surface area contributed by atoms with Crippen LogP contribution >= 0.6 is 11.3 Å². The molecule has 1 aromatic carbocycles. The Hall–Kier alpha value is -1.68. The van der Waals surface area contributed by atoms with Crippen molar-refractivity contribution in [1.82, 2.24) is 4.90 Å². The molecule has 0 spiro atoms. The summed E-state index contributed by atoms with van der Waals surface area (Å²) in [6.07, 6.45) is 6.92. The van der Waals surface area contributed by atoms with Crippen LogP contribution in [-0.4, -0.2) is 23.3 Å². The van der Waals surface area contributed by atoms with Crippen molar-refractivity contribution in [3.63, 3.8) is 0 Å². The van der Waals surface area contributed by atoms with Crippen LogP contribution in [0.15, 0.2) is 22.9 Å². The topological polar surface area (TPSA) is 37.4 Å². The molecule has 116 valence electrons. The Bertz CT molecular complexity index is 654. The fourth-order valence-corrected chi connectivity index (χ4v) is 3.78. The van der Waals surface area contributed by atoms with Crippen LogP contribution in [0.2, 0.25) is 0 Å². The van der Waals surface area contributed by atoms with Gasteiger partial charge >= 0.3 is 0 Å². The molecular formula is C18H21NO2S. The van der Waals surface area contributed by atoms with Crippen LogP contribution in [0, 0.1) is 0 Å². The Morgan fingerprint density at radius 3 is 2.00 bits per heavy atom. The second-order valence-electron chi connectivity index (χ2n) is 5.93. The van der Waals surface area contributed by atoms with E-state index in [1.54, 1.807) is 11.3 Å². The first-order valence-electron chi connectivity index (χ1n) is 8.08. The minimum absolute atomic E-state index is 0.123. The third kappa shape index (κ3) is 2.80. The van der Waals surface area contributed by atoms with Gasteiger partial charge in [0.2, 0.25) is 0 Å². The monoisotopic (exact) mass is 315 g/mol. The molecule has 0 radical (unpaired) electrons. The highest BCUT2D eigenvalue weighted by Crippen LogP contribution is 2.30. The third-order valence-electron chi connectivity index (χ3n) is 4.30. The van der Waals surface area contributed by atoms with E-state index in [1.807, 2.05) is 22.9 Å². The molecule has 1 aromatic heterocycles. The van der Waals surface area contributed by atoms with Crippen LogP contribution in [0.5, 0.6) is 0 Å². The van der Waals surface area contributed by atoms with Crippen LogP contribution < -0.4 is 0 Å². The fraction of sp³-hybridized carbons (Fsp3) is 0.444. The molecule has 0 saturated carbocycles. The van der Waals surface area contributed by atoms with Gasteiger partial charge in [-0.25, -0.2) is 0 Å². The van der Waals surface area contributed by atoms with Crippen molar-refractivity contribution in [2.75, 3.05) is 6.54 Å². The van der Waals surface area contributed by atoms with Crippen LogP contribution in [-0.2, 0) is 0 Å². The normalized spacial score (nSPS) is 14.1. The number of carbonyl (C=O) groups is 2. The Kier molecular flexibility index (Phi) is 4.57. The molecule has 0 saturated heterocycles. The molecule has 0 aliphatic carbocycles. The van der Waals surface area contributed by atoms with Gasteiger partial charge in [-0.3, -0.25) is 14.5 Å². The maximum atomic E-state index is 12.4. The van der Waals surface area contributed by atoms with Gasteiger partial charge in [0.25, 0.3) is 11.8 Å². The first-order valence-corrected chi connectivity index (χ1v) is 9.03. The summed E-state index contributed by atoms with van der Waals surface area (Å²) in [5.74, 6) is -0.247. The Morgan fingerprint density at radius 1 is 0.864 bits per heavy atom. The molecule has 3 rings (SSSR count).